The molecule has 0 amide bonds. The van der Waals surface area contributed by atoms with Crippen molar-refractivity contribution in [2.24, 2.45) is 11.8 Å². The maximum Gasteiger partial charge on any atom is -0.00173 e. The molecule has 0 saturated heterocycles. The number of hydrogen-bond donors (Lipinski definition) is 4. The van der Waals surface area contributed by atoms with Gasteiger partial charge in [0.05, 0.1) is 0 Å². The molecule has 0 aliphatic heterocycles. The van der Waals surface area contributed by atoms with Crippen molar-refractivity contribution < 1.29 is 0 Å². The minimum atomic E-state index is 0.938. The molecule has 1 aliphatic carbocycles. The average Bonchev–Trinajstić information content (AvgIpc) is 3.20. The van der Waals surface area contributed by atoms with Crippen molar-refractivity contribution in [2.75, 3.05) is 52.9 Å². The summed E-state index contributed by atoms with van der Waals surface area (Å²) in [5.74, 6) is 1.88. The molecule has 0 aromatic rings. The van der Waals surface area contributed by atoms with Gasteiger partial charge < -0.3 is 21.3 Å². The highest BCUT2D eigenvalue weighted by Gasteiger charge is 2.35. The molecule has 2 atom stereocenters. The van der Waals surface area contributed by atoms with Crippen molar-refractivity contribution in [3.63, 3.8) is 0 Å². The summed E-state index contributed by atoms with van der Waals surface area (Å²) in [5.41, 5.74) is 0. The first-order chi connectivity index (χ1) is 9.88. The van der Waals surface area contributed by atoms with Crippen LogP contribution in [0.2, 0.25) is 0 Å². The van der Waals surface area contributed by atoms with E-state index in [0.29, 0.717) is 0 Å². The Kier molecular flexibility index (Phi) is 11.2. The smallest absolute Gasteiger partial charge is 0.00173 e. The van der Waals surface area contributed by atoms with E-state index in [0.717, 1.165) is 24.9 Å². The molecule has 0 spiro atoms. The lowest BCUT2D eigenvalue weighted by Gasteiger charge is -2.06. The molecule has 0 radical (unpaired) electrons. The Bertz CT molecular complexity index is 211. The molecule has 4 heteroatoms. The predicted molar refractivity (Wildman–Crippen MR) is 88.3 cm³/mol. The van der Waals surface area contributed by atoms with Gasteiger partial charge in [0.1, 0.15) is 0 Å². The van der Waals surface area contributed by atoms with Crippen LogP contribution in [0.5, 0.6) is 0 Å². The van der Waals surface area contributed by atoms with Crippen LogP contribution in [-0.2, 0) is 0 Å². The Hall–Kier alpha value is -0.160. The number of unbranched alkanes of at least 4 members (excludes halogenated alkanes) is 2. The van der Waals surface area contributed by atoms with Gasteiger partial charge in [-0.1, -0.05) is 6.92 Å². The third kappa shape index (κ3) is 9.70. The van der Waals surface area contributed by atoms with Gasteiger partial charge in [-0.2, -0.15) is 0 Å². The molecule has 120 valence electrons. The zero-order chi connectivity index (χ0) is 14.5. The summed E-state index contributed by atoms with van der Waals surface area (Å²) in [6, 6.07) is 0. The lowest BCUT2D eigenvalue weighted by Crippen LogP contribution is -2.23. The van der Waals surface area contributed by atoms with Crippen molar-refractivity contribution in [1.29, 1.82) is 0 Å². The van der Waals surface area contributed by atoms with Crippen LogP contribution in [0.1, 0.15) is 39.0 Å². The highest BCUT2D eigenvalue weighted by Crippen LogP contribution is 2.36. The normalized spacial score (nSPS) is 21.3. The third-order valence-electron chi connectivity index (χ3n) is 4.12. The summed E-state index contributed by atoms with van der Waals surface area (Å²) in [6.45, 7) is 10.4. The van der Waals surface area contributed by atoms with Gasteiger partial charge in [-0.3, -0.25) is 0 Å². The molecule has 0 bridgehead atoms. The first-order valence-electron chi connectivity index (χ1n) is 8.65. The predicted octanol–water partition coefficient (Wildman–Crippen LogP) is 1.19. The summed E-state index contributed by atoms with van der Waals surface area (Å²) < 4.78 is 0. The fourth-order valence-corrected chi connectivity index (χ4v) is 2.61. The lowest BCUT2D eigenvalue weighted by molar-refractivity contribution is 0.533. The topological polar surface area (TPSA) is 48.1 Å². The minimum absolute atomic E-state index is 0.938. The van der Waals surface area contributed by atoms with Crippen molar-refractivity contribution in [3.8, 4) is 0 Å². The van der Waals surface area contributed by atoms with Gasteiger partial charge in [0, 0.05) is 0 Å². The molecule has 0 heterocycles. The van der Waals surface area contributed by atoms with Crippen molar-refractivity contribution in [2.45, 2.75) is 39.0 Å². The van der Waals surface area contributed by atoms with Crippen LogP contribution in [-0.4, -0.2) is 52.9 Å². The van der Waals surface area contributed by atoms with Crippen LogP contribution in [0.4, 0.5) is 0 Å². The molecule has 0 unspecified atom stereocenters. The quantitative estimate of drug-likeness (QED) is 0.341. The third-order valence-corrected chi connectivity index (χ3v) is 4.12. The molecule has 0 aromatic carbocycles. The summed E-state index contributed by atoms with van der Waals surface area (Å²) in [4.78, 5) is 0. The number of rotatable bonds is 15. The van der Waals surface area contributed by atoms with Crippen molar-refractivity contribution in [1.82, 2.24) is 21.3 Å². The zero-order valence-corrected chi connectivity index (χ0v) is 13.6. The zero-order valence-electron chi connectivity index (χ0n) is 13.6. The molecule has 0 aromatic heterocycles. The molecule has 4 nitrogen and oxygen atoms in total. The van der Waals surface area contributed by atoms with E-state index in [9.17, 15) is 0 Å². The second kappa shape index (κ2) is 12.6. The summed E-state index contributed by atoms with van der Waals surface area (Å²) in [7, 11) is 2.02. The largest absolute Gasteiger partial charge is 0.320 e. The Balaban J connectivity index is 1.75. The van der Waals surface area contributed by atoms with E-state index in [1.807, 2.05) is 7.05 Å². The molecule has 1 fully saturated rings. The fraction of sp³-hybridized carbons (Fsp3) is 1.00. The van der Waals surface area contributed by atoms with Crippen LogP contribution in [0.15, 0.2) is 0 Å². The number of hydrogen-bond acceptors (Lipinski definition) is 4. The van der Waals surface area contributed by atoms with Gasteiger partial charge in [0.15, 0.2) is 0 Å². The van der Waals surface area contributed by atoms with Gasteiger partial charge >= 0.3 is 0 Å². The molecular weight excluding hydrogens is 248 g/mol. The monoisotopic (exact) mass is 284 g/mol. The van der Waals surface area contributed by atoms with Crippen LogP contribution in [0.3, 0.4) is 0 Å². The molecule has 20 heavy (non-hydrogen) atoms. The van der Waals surface area contributed by atoms with Crippen LogP contribution < -0.4 is 21.3 Å². The van der Waals surface area contributed by atoms with Gasteiger partial charge in [-0.25, -0.2) is 0 Å². The van der Waals surface area contributed by atoms with E-state index in [1.165, 1.54) is 64.8 Å². The first-order valence-corrected chi connectivity index (χ1v) is 8.65. The second-order valence-electron chi connectivity index (χ2n) is 6.04. The van der Waals surface area contributed by atoms with Crippen LogP contribution in [0.25, 0.3) is 0 Å². The van der Waals surface area contributed by atoms with Crippen molar-refractivity contribution >= 4 is 0 Å². The van der Waals surface area contributed by atoms with E-state index in [4.69, 9.17) is 0 Å². The summed E-state index contributed by atoms with van der Waals surface area (Å²) in [6.07, 6.45) is 6.60. The minimum Gasteiger partial charge on any atom is -0.320 e. The van der Waals surface area contributed by atoms with Crippen LogP contribution in [0, 0.1) is 11.8 Å². The maximum atomic E-state index is 3.61. The molecular formula is C16H36N4. The summed E-state index contributed by atoms with van der Waals surface area (Å²) in [5, 5.41) is 13.8. The van der Waals surface area contributed by atoms with E-state index < -0.39 is 0 Å². The van der Waals surface area contributed by atoms with Crippen molar-refractivity contribution in [3.05, 3.63) is 0 Å². The van der Waals surface area contributed by atoms with Gasteiger partial charge in [0.25, 0.3) is 0 Å². The highest BCUT2D eigenvalue weighted by atomic mass is 14.9. The maximum absolute atomic E-state index is 3.61. The van der Waals surface area contributed by atoms with E-state index in [-0.39, 0.29) is 0 Å². The molecule has 4 N–H and O–H groups in total. The van der Waals surface area contributed by atoms with Gasteiger partial charge in [-0.15, -0.1) is 0 Å². The molecule has 1 aliphatic rings. The second-order valence-corrected chi connectivity index (χ2v) is 6.04. The van der Waals surface area contributed by atoms with Gasteiger partial charge in [0.2, 0.25) is 0 Å². The van der Waals surface area contributed by atoms with Gasteiger partial charge in [-0.05, 0) is 96.8 Å². The van der Waals surface area contributed by atoms with E-state index in [1.54, 1.807) is 0 Å². The molecule has 1 saturated carbocycles. The SMILES string of the molecule is CCNCCCCNC[C@H]1C[C@@H]1CNCCCCNC. The highest BCUT2D eigenvalue weighted by molar-refractivity contribution is 4.89. The Morgan fingerprint density at radius 2 is 1.25 bits per heavy atom. The van der Waals surface area contributed by atoms with E-state index in [2.05, 4.69) is 28.2 Å². The lowest BCUT2D eigenvalue weighted by atomic mass is 10.2. The fourth-order valence-electron chi connectivity index (χ4n) is 2.61. The van der Waals surface area contributed by atoms with E-state index >= 15 is 0 Å². The molecule has 1 rings (SSSR count). The average molecular weight is 284 g/mol. The standard InChI is InChI=1S/C16H36N4/c1-3-18-9-6-7-11-20-14-16-12-15(16)13-19-10-5-4-8-17-2/h15-20H,3-14H2,1-2H3/t15-,16-/m1/s1. The summed E-state index contributed by atoms with van der Waals surface area (Å²) >= 11 is 0. The number of nitrogens with one attached hydrogen (secondary N) is 4. The Morgan fingerprint density at radius 1 is 0.750 bits per heavy atom. The Morgan fingerprint density at radius 3 is 1.75 bits per heavy atom. The van der Waals surface area contributed by atoms with Crippen LogP contribution >= 0.6 is 0 Å². The Labute approximate surface area is 125 Å². The first kappa shape index (κ1) is 17.9.